The Kier molecular flexibility index (Phi) is 9.18. The van der Waals surface area contributed by atoms with Crippen LogP contribution in [0.2, 0.25) is 10.0 Å². The monoisotopic (exact) mass is 346 g/mol. The molecule has 1 aromatic rings. The summed E-state index contributed by atoms with van der Waals surface area (Å²) < 4.78 is 5.64. The van der Waals surface area contributed by atoms with Crippen LogP contribution in [0.5, 0.6) is 5.75 Å². The number of hydrogen-bond acceptors (Lipinski definition) is 3. The second-order valence-corrected chi connectivity index (χ2v) is 6.43. The maximum absolute atomic E-state index is 6.25. The van der Waals surface area contributed by atoms with Crippen LogP contribution in [0.4, 0.5) is 0 Å². The molecule has 1 rings (SSSR count). The predicted octanol–water partition coefficient (Wildman–Crippen LogP) is 4.60. The number of rotatable bonds is 10. The third-order valence-corrected chi connectivity index (χ3v) is 4.02. The van der Waals surface area contributed by atoms with E-state index in [1.54, 1.807) is 0 Å². The summed E-state index contributed by atoms with van der Waals surface area (Å²) in [5, 5.41) is 4.58. The van der Waals surface area contributed by atoms with Crippen molar-refractivity contribution in [1.82, 2.24) is 10.2 Å². The molecule has 1 aromatic carbocycles. The highest BCUT2D eigenvalue weighted by molar-refractivity contribution is 6.37. The van der Waals surface area contributed by atoms with E-state index in [1.165, 1.54) is 0 Å². The maximum atomic E-state index is 6.25. The Morgan fingerprint density at radius 2 is 1.73 bits per heavy atom. The zero-order valence-corrected chi connectivity index (χ0v) is 15.6. The van der Waals surface area contributed by atoms with Crippen molar-refractivity contribution < 1.29 is 4.74 Å². The smallest absolute Gasteiger partial charge is 0.156 e. The lowest BCUT2D eigenvalue weighted by atomic mass is 10.2. The normalized spacial score (nSPS) is 11.5. The van der Waals surface area contributed by atoms with E-state index in [2.05, 4.69) is 24.1 Å². The number of halogens is 2. The first-order valence-electron chi connectivity index (χ1n) is 8.05. The molecule has 1 N–H and O–H groups in total. The third-order valence-electron chi connectivity index (χ3n) is 3.46. The molecule has 0 aliphatic rings. The van der Waals surface area contributed by atoms with Crippen LogP contribution in [0.1, 0.15) is 39.7 Å². The fraction of sp³-hybridized carbons (Fsp3) is 0.647. The summed E-state index contributed by atoms with van der Waals surface area (Å²) >= 11 is 12.5. The molecule has 0 unspecified atom stereocenters. The summed E-state index contributed by atoms with van der Waals surface area (Å²) in [7, 11) is 0. The summed E-state index contributed by atoms with van der Waals surface area (Å²) in [5.41, 5.74) is 1.08. The molecule has 0 radical (unpaired) electrons. The molecule has 3 nitrogen and oxygen atoms in total. The second kappa shape index (κ2) is 10.3. The van der Waals surface area contributed by atoms with Gasteiger partial charge in [-0.2, -0.15) is 0 Å². The Morgan fingerprint density at radius 3 is 2.23 bits per heavy atom. The van der Waals surface area contributed by atoms with Crippen molar-refractivity contribution in [2.75, 3.05) is 26.2 Å². The lowest BCUT2D eigenvalue weighted by molar-refractivity contribution is 0.242. The Bertz CT molecular complexity index is 425. The van der Waals surface area contributed by atoms with Gasteiger partial charge in [-0.15, -0.1) is 0 Å². The molecule has 0 bridgehead atoms. The summed E-state index contributed by atoms with van der Waals surface area (Å²) in [6.45, 7) is 13.4. The minimum Gasteiger partial charge on any atom is -0.488 e. The molecule has 0 saturated heterocycles. The van der Waals surface area contributed by atoms with E-state index < -0.39 is 0 Å². The fourth-order valence-electron chi connectivity index (χ4n) is 2.26. The quantitative estimate of drug-likeness (QED) is 0.626. The van der Waals surface area contributed by atoms with Gasteiger partial charge in [0.1, 0.15) is 0 Å². The lowest BCUT2D eigenvalue weighted by Crippen LogP contribution is -2.27. The van der Waals surface area contributed by atoms with Gasteiger partial charge in [-0.3, -0.25) is 0 Å². The van der Waals surface area contributed by atoms with Crippen molar-refractivity contribution in [2.24, 2.45) is 0 Å². The molecular formula is C17H28Cl2N2O. The van der Waals surface area contributed by atoms with Crippen LogP contribution in [0.15, 0.2) is 12.1 Å². The van der Waals surface area contributed by atoms with Gasteiger partial charge in [0.15, 0.2) is 5.75 Å². The van der Waals surface area contributed by atoms with Crippen LogP contribution in [-0.4, -0.2) is 37.2 Å². The average Bonchev–Trinajstić information content (AvgIpc) is 2.46. The molecule has 0 atom stereocenters. The minimum absolute atomic E-state index is 0.0547. The Balaban J connectivity index is 2.44. The topological polar surface area (TPSA) is 24.5 Å². The van der Waals surface area contributed by atoms with Gasteiger partial charge in [-0.05, 0) is 64.1 Å². The number of ether oxygens (including phenoxy) is 1. The van der Waals surface area contributed by atoms with Crippen molar-refractivity contribution in [2.45, 2.75) is 46.8 Å². The van der Waals surface area contributed by atoms with E-state index in [-0.39, 0.29) is 6.10 Å². The summed E-state index contributed by atoms with van der Waals surface area (Å²) in [4.78, 5) is 2.42. The molecule has 0 spiro atoms. The predicted molar refractivity (Wildman–Crippen MR) is 96.3 cm³/mol. The van der Waals surface area contributed by atoms with Crippen molar-refractivity contribution in [1.29, 1.82) is 0 Å². The zero-order valence-electron chi connectivity index (χ0n) is 14.1. The Labute approximate surface area is 144 Å². The van der Waals surface area contributed by atoms with Crippen LogP contribution < -0.4 is 10.1 Å². The van der Waals surface area contributed by atoms with Crippen LogP contribution in [0, 0.1) is 0 Å². The van der Waals surface area contributed by atoms with Gasteiger partial charge in [-0.1, -0.05) is 37.0 Å². The first-order chi connectivity index (χ1) is 10.5. The van der Waals surface area contributed by atoms with Crippen LogP contribution >= 0.6 is 23.2 Å². The van der Waals surface area contributed by atoms with Crippen molar-refractivity contribution in [3.63, 3.8) is 0 Å². The molecule has 0 saturated carbocycles. The standard InChI is InChI=1S/C17H28Cl2N2O/c1-5-21(6-2)9-7-8-20-12-14-10-15(18)17(16(19)11-14)22-13(3)4/h10-11,13,20H,5-9,12H2,1-4H3. The number of nitrogens with one attached hydrogen (secondary N) is 1. The van der Waals surface area contributed by atoms with Gasteiger partial charge >= 0.3 is 0 Å². The highest BCUT2D eigenvalue weighted by atomic mass is 35.5. The van der Waals surface area contributed by atoms with Crippen molar-refractivity contribution in [3.05, 3.63) is 27.7 Å². The molecule has 0 aromatic heterocycles. The van der Waals surface area contributed by atoms with E-state index in [0.717, 1.165) is 44.7 Å². The fourth-order valence-corrected chi connectivity index (χ4v) is 2.88. The number of nitrogens with zero attached hydrogens (tertiary/aromatic N) is 1. The third kappa shape index (κ3) is 6.74. The van der Waals surface area contributed by atoms with Crippen LogP contribution in [0.3, 0.4) is 0 Å². The SMILES string of the molecule is CCN(CC)CCCNCc1cc(Cl)c(OC(C)C)c(Cl)c1. The highest BCUT2D eigenvalue weighted by Gasteiger charge is 2.11. The van der Waals surface area contributed by atoms with E-state index in [9.17, 15) is 0 Å². The van der Waals surface area contributed by atoms with Crippen molar-refractivity contribution in [3.8, 4) is 5.75 Å². The van der Waals surface area contributed by atoms with Gasteiger partial charge < -0.3 is 15.0 Å². The number of benzene rings is 1. The van der Waals surface area contributed by atoms with Gasteiger partial charge in [0.05, 0.1) is 16.1 Å². The van der Waals surface area contributed by atoms with Crippen molar-refractivity contribution >= 4 is 23.2 Å². The second-order valence-electron chi connectivity index (χ2n) is 5.61. The van der Waals surface area contributed by atoms with E-state index in [0.29, 0.717) is 15.8 Å². The zero-order chi connectivity index (χ0) is 16.5. The molecule has 0 amide bonds. The molecule has 0 heterocycles. The molecule has 0 aliphatic heterocycles. The maximum Gasteiger partial charge on any atom is 0.156 e. The van der Waals surface area contributed by atoms with Gasteiger partial charge in [0.2, 0.25) is 0 Å². The average molecular weight is 347 g/mol. The van der Waals surface area contributed by atoms with Crippen LogP contribution in [0.25, 0.3) is 0 Å². The minimum atomic E-state index is 0.0547. The first-order valence-corrected chi connectivity index (χ1v) is 8.81. The first kappa shape index (κ1) is 19.6. The van der Waals surface area contributed by atoms with Gasteiger partial charge in [0.25, 0.3) is 0 Å². The van der Waals surface area contributed by atoms with E-state index in [1.807, 2.05) is 26.0 Å². The Hall–Kier alpha value is -0.480. The largest absolute Gasteiger partial charge is 0.488 e. The summed E-state index contributed by atoms with van der Waals surface area (Å²) in [6.07, 6.45) is 1.19. The molecular weight excluding hydrogens is 319 g/mol. The summed E-state index contributed by atoms with van der Waals surface area (Å²) in [5.74, 6) is 0.573. The molecule has 0 fully saturated rings. The summed E-state index contributed by atoms with van der Waals surface area (Å²) in [6, 6.07) is 3.84. The lowest BCUT2D eigenvalue weighted by Gasteiger charge is -2.18. The molecule has 22 heavy (non-hydrogen) atoms. The molecule has 0 aliphatic carbocycles. The molecule has 126 valence electrons. The van der Waals surface area contributed by atoms with Gasteiger partial charge in [-0.25, -0.2) is 0 Å². The Morgan fingerprint density at radius 1 is 1.14 bits per heavy atom. The molecule has 5 heteroatoms. The van der Waals surface area contributed by atoms with Crippen LogP contribution in [-0.2, 0) is 6.54 Å². The number of hydrogen-bond donors (Lipinski definition) is 1. The van der Waals surface area contributed by atoms with Gasteiger partial charge in [0, 0.05) is 6.54 Å². The highest BCUT2D eigenvalue weighted by Crippen LogP contribution is 2.34. The van der Waals surface area contributed by atoms with E-state index >= 15 is 0 Å². The van der Waals surface area contributed by atoms with E-state index in [4.69, 9.17) is 27.9 Å².